The maximum absolute atomic E-state index is 12.1. The highest BCUT2D eigenvalue weighted by Gasteiger charge is 2.34. The molecular formula is C51H38N4O8. The van der Waals surface area contributed by atoms with Gasteiger partial charge in [-0.15, -0.1) is 0 Å². The minimum Gasteiger partial charge on any atom is -0.269 e. The topological polar surface area (TPSA) is 150 Å². The van der Waals surface area contributed by atoms with Crippen LogP contribution in [0.5, 0.6) is 0 Å². The summed E-state index contributed by atoms with van der Waals surface area (Å²) < 4.78 is 0. The Kier molecular flexibility index (Phi) is 10.7. The Morgan fingerprint density at radius 2 is 0.476 bits per heavy atom. The fourth-order valence-electron chi connectivity index (χ4n) is 8.00. The van der Waals surface area contributed by atoms with Gasteiger partial charge >= 0.3 is 0 Å². The number of carbonyl (C=O) groups is 8. The fourth-order valence-corrected chi connectivity index (χ4v) is 8.00. The Balaban J connectivity index is 0.000000175. The Hall–Kier alpha value is -8.38. The van der Waals surface area contributed by atoms with Crippen molar-refractivity contribution in [2.45, 2.75) is 31.6 Å². The second-order valence-corrected chi connectivity index (χ2v) is 15.7. The fraction of sp³-hybridized carbons (Fsp3) is 0.0980. The maximum Gasteiger partial charge on any atom is 0.258 e. The second-order valence-electron chi connectivity index (χ2n) is 15.7. The van der Waals surface area contributed by atoms with Crippen LogP contribution in [-0.2, 0) is 49.2 Å². The van der Waals surface area contributed by atoms with Crippen LogP contribution in [0, 0.1) is 0 Å². The normalized spacial score (nSPS) is 16.0. The first kappa shape index (κ1) is 41.4. The predicted molar refractivity (Wildman–Crippen MR) is 236 cm³/mol. The first-order chi connectivity index (χ1) is 30.2. The Morgan fingerprint density at radius 1 is 0.270 bits per heavy atom. The number of imide groups is 4. The lowest BCUT2D eigenvalue weighted by molar-refractivity contribution is -0.121. The van der Waals surface area contributed by atoms with E-state index in [1.54, 1.807) is 48.5 Å². The van der Waals surface area contributed by atoms with E-state index >= 15 is 0 Å². The molecule has 5 aromatic rings. The van der Waals surface area contributed by atoms with E-state index in [1.165, 1.54) is 48.6 Å². The number of amides is 8. The molecular weight excluding hydrogens is 797 g/mol. The molecule has 0 aromatic heterocycles. The third kappa shape index (κ3) is 7.54. The van der Waals surface area contributed by atoms with E-state index in [0.29, 0.717) is 22.7 Å². The largest absolute Gasteiger partial charge is 0.269 e. The summed E-state index contributed by atoms with van der Waals surface area (Å²) in [6.07, 6.45) is 10.1. The highest BCUT2D eigenvalue weighted by Crippen LogP contribution is 2.41. The summed E-state index contributed by atoms with van der Waals surface area (Å²) >= 11 is 0. The van der Waals surface area contributed by atoms with E-state index < -0.39 is 5.41 Å². The van der Waals surface area contributed by atoms with Crippen molar-refractivity contribution in [3.63, 3.8) is 0 Å². The standard InChI is InChI=1S/C28H20N2O4.C23H18N2O4/c1-28(19-5-3-2-4-6-19,20-7-11-22(12-8-20)29-24(31)15-16-25(29)32)21-9-13-23(14-10-21)30-26(33)17-18-27(30)34;1-23(2,15-3-7-17(8-4-15)24-19(26)11-12-20(24)27)16-5-9-18(10-6-16)25-21(28)13-14-22(25)29/h2-18H,1H3;3-14H,1-2H3. The summed E-state index contributed by atoms with van der Waals surface area (Å²) in [7, 11) is 0. The third-order valence-corrected chi connectivity index (χ3v) is 11.7. The molecule has 0 fully saturated rings. The van der Waals surface area contributed by atoms with E-state index in [-0.39, 0.29) is 52.7 Å². The van der Waals surface area contributed by atoms with Gasteiger partial charge < -0.3 is 0 Å². The van der Waals surface area contributed by atoms with Gasteiger partial charge in [0.2, 0.25) is 0 Å². The third-order valence-electron chi connectivity index (χ3n) is 11.7. The van der Waals surface area contributed by atoms with Crippen LogP contribution in [0.3, 0.4) is 0 Å². The highest BCUT2D eigenvalue weighted by molar-refractivity contribution is 6.30. The van der Waals surface area contributed by atoms with Gasteiger partial charge in [0.05, 0.1) is 22.7 Å². The Bertz CT molecular complexity index is 2610. The minimum absolute atomic E-state index is 0.349. The number of carbonyl (C=O) groups excluding carboxylic acids is 8. The zero-order valence-electron chi connectivity index (χ0n) is 34.3. The molecule has 0 N–H and O–H groups in total. The summed E-state index contributed by atoms with van der Waals surface area (Å²) in [4.78, 5) is 100. The van der Waals surface area contributed by atoms with Crippen LogP contribution in [0.4, 0.5) is 22.7 Å². The van der Waals surface area contributed by atoms with Crippen LogP contribution in [0.2, 0.25) is 0 Å². The molecule has 0 radical (unpaired) electrons. The van der Waals surface area contributed by atoms with Crippen LogP contribution < -0.4 is 19.6 Å². The first-order valence-corrected chi connectivity index (χ1v) is 19.9. The first-order valence-electron chi connectivity index (χ1n) is 19.9. The lowest BCUT2D eigenvalue weighted by atomic mass is 9.71. The summed E-state index contributed by atoms with van der Waals surface area (Å²) in [5, 5.41) is 0. The van der Waals surface area contributed by atoms with Crippen molar-refractivity contribution in [1.29, 1.82) is 0 Å². The molecule has 8 amide bonds. The highest BCUT2D eigenvalue weighted by atomic mass is 16.2. The molecule has 0 atom stereocenters. The second kappa shape index (κ2) is 16.2. The van der Waals surface area contributed by atoms with Gasteiger partial charge in [-0.25, -0.2) is 19.6 Å². The molecule has 63 heavy (non-hydrogen) atoms. The lowest BCUT2D eigenvalue weighted by Gasteiger charge is -2.32. The summed E-state index contributed by atoms with van der Waals surface area (Å²) in [6, 6.07) is 39.2. The molecule has 9 rings (SSSR count). The van der Waals surface area contributed by atoms with Gasteiger partial charge in [0.1, 0.15) is 0 Å². The molecule has 5 aromatic carbocycles. The molecule has 12 heteroatoms. The molecule has 12 nitrogen and oxygen atoms in total. The van der Waals surface area contributed by atoms with Crippen molar-refractivity contribution in [2.75, 3.05) is 19.6 Å². The SMILES string of the molecule is CC(C)(c1ccc(N2C(=O)C=CC2=O)cc1)c1ccc(N2C(=O)C=CC2=O)cc1.CC(c1ccccc1)(c1ccc(N2C(=O)C=CC2=O)cc1)c1ccc(N2C(=O)C=CC2=O)cc1. The van der Waals surface area contributed by atoms with Gasteiger partial charge in [0.15, 0.2) is 0 Å². The van der Waals surface area contributed by atoms with Gasteiger partial charge in [-0.2, -0.15) is 0 Å². The number of anilines is 4. The Morgan fingerprint density at radius 3 is 0.714 bits per heavy atom. The number of benzene rings is 5. The average molecular weight is 835 g/mol. The molecule has 4 aliphatic heterocycles. The predicted octanol–water partition coefficient (Wildman–Crippen LogP) is 6.77. The van der Waals surface area contributed by atoms with Gasteiger partial charge in [-0.1, -0.05) is 92.7 Å². The van der Waals surface area contributed by atoms with Crippen LogP contribution in [0.15, 0.2) is 176 Å². The van der Waals surface area contributed by atoms with Crippen molar-refractivity contribution in [3.05, 3.63) is 204 Å². The molecule has 0 saturated heterocycles. The zero-order valence-corrected chi connectivity index (χ0v) is 34.3. The van der Waals surface area contributed by atoms with Crippen molar-refractivity contribution < 1.29 is 38.4 Å². The van der Waals surface area contributed by atoms with E-state index in [1.807, 2.05) is 78.9 Å². The molecule has 0 saturated carbocycles. The summed E-state index contributed by atoms with van der Waals surface area (Å²) in [5.41, 5.74) is 6.07. The number of hydrogen-bond donors (Lipinski definition) is 0. The van der Waals surface area contributed by atoms with Gasteiger partial charge in [-0.3, -0.25) is 38.4 Å². The van der Waals surface area contributed by atoms with Gasteiger partial charge in [-0.05, 0) is 83.3 Å². The quantitative estimate of drug-likeness (QED) is 0.117. The molecule has 4 aliphatic rings. The van der Waals surface area contributed by atoms with E-state index in [9.17, 15) is 38.4 Å². The maximum atomic E-state index is 12.1. The van der Waals surface area contributed by atoms with Crippen molar-refractivity contribution in [2.24, 2.45) is 0 Å². The molecule has 310 valence electrons. The summed E-state index contributed by atoms with van der Waals surface area (Å²) in [6.45, 7) is 6.20. The Labute approximate surface area is 362 Å². The molecule has 0 bridgehead atoms. The molecule has 4 heterocycles. The minimum atomic E-state index is -0.577. The molecule has 0 spiro atoms. The number of rotatable bonds is 9. The summed E-state index contributed by atoms with van der Waals surface area (Å²) in [5.74, 6) is -2.84. The van der Waals surface area contributed by atoms with Crippen molar-refractivity contribution in [1.82, 2.24) is 0 Å². The number of hydrogen-bond acceptors (Lipinski definition) is 8. The van der Waals surface area contributed by atoms with Crippen LogP contribution in [-0.4, -0.2) is 47.3 Å². The zero-order chi connectivity index (χ0) is 44.6. The number of nitrogens with zero attached hydrogens (tertiary/aromatic N) is 4. The molecule has 0 unspecified atom stereocenters. The van der Waals surface area contributed by atoms with E-state index in [4.69, 9.17) is 0 Å². The smallest absolute Gasteiger partial charge is 0.258 e. The lowest BCUT2D eigenvalue weighted by Crippen LogP contribution is -2.30. The van der Waals surface area contributed by atoms with E-state index in [0.717, 1.165) is 47.4 Å². The van der Waals surface area contributed by atoms with Gasteiger partial charge in [0.25, 0.3) is 47.3 Å². The molecule has 0 aliphatic carbocycles. The van der Waals surface area contributed by atoms with E-state index in [2.05, 4.69) is 20.8 Å². The van der Waals surface area contributed by atoms with Crippen LogP contribution in [0.1, 0.15) is 48.6 Å². The van der Waals surface area contributed by atoms with Crippen molar-refractivity contribution in [3.8, 4) is 0 Å². The van der Waals surface area contributed by atoms with Crippen molar-refractivity contribution >= 4 is 70.0 Å². The monoisotopic (exact) mass is 834 g/mol. The average Bonchev–Trinajstić information content (AvgIpc) is 4.04. The van der Waals surface area contributed by atoms with Crippen LogP contribution in [0.25, 0.3) is 0 Å². The van der Waals surface area contributed by atoms with Crippen LogP contribution >= 0.6 is 0 Å². The van der Waals surface area contributed by atoms with Gasteiger partial charge in [0, 0.05) is 59.4 Å².